The highest BCUT2D eigenvalue weighted by molar-refractivity contribution is 9.10. The first kappa shape index (κ1) is 17.6. The number of carbonyl (C=O) groups is 2. The van der Waals surface area contributed by atoms with E-state index in [4.69, 9.17) is 10.00 Å². The fourth-order valence-electron chi connectivity index (χ4n) is 2.18. The first-order chi connectivity index (χ1) is 11.1. The van der Waals surface area contributed by atoms with E-state index in [2.05, 4.69) is 27.3 Å². The van der Waals surface area contributed by atoms with Crippen LogP contribution in [-0.2, 0) is 14.3 Å². The van der Waals surface area contributed by atoms with Crippen molar-refractivity contribution in [3.05, 3.63) is 34.8 Å². The molecule has 1 aliphatic carbocycles. The lowest BCUT2D eigenvalue weighted by Gasteiger charge is -2.10. The van der Waals surface area contributed by atoms with Crippen LogP contribution in [-0.4, -0.2) is 18.5 Å². The molecule has 0 radical (unpaired) electrons. The number of ether oxygens (including phenoxy) is 1. The summed E-state index contributed by atoms with van der Waals surface area (Å²) in [7, 11) is 0. The molecule has 0 saturated carbocycles. The smallest absolute Gasteiger partial charge is 0.306 e. The molecule has 0 fully saturated rings. The second-order valence-corrected chi connectivity index (χ2v) is 6.73. The quantitative estimate of drug-likeness (QED) is 0.343. The van der Waals surface area contributed by atoms with Crippen molar-refractivity contribution in [1.82, 2.24) is 0 Å². The Labute approximate surface area is 147 Å². The van der Waals surface area contributed by atoms with Gasteiger partial charge in [0.1, 0.15) is 5.40 Å². The highest BCUT2D eigenvalue weighted by atomic mass is 79.9. The number of nitrogens with one attached hydrogen (secondary N) is 1. The lowest BCUT2D eigenvalue weighted by Crippen LogP contribution is -2.21. The highest BCUT2D eigenvalue weighted by Gasteiger charge is 2.16. The normalized spacial score (nSPS) is 15.9. The van der Waals surface area contributed by atoms with Crippen LogP contribution in [0.1, 0.15) is 19.3 Å². The molecule has 120 valence electrons. The van der Waals surface area contributed by atoms with E-state index in [0.29, 0.717) is 16.6 Å². The van der Waals surface area contributed by atoms with Gasteiger partial charge in [0, 0.05) is 9.37 Å². The lowest BCUT2D eigenvalue weighted by atomic mass is 10.1. The largest absolute Gasteiger partial charge is 0.456 e. The Morgan fingerprint density at radius 2 is 2.30 bits per heavy atom. The van der Waals surface area contributed by atoms with Gasteiger partial charge >= 0.3 is 5.97 Å². The molecular weight excluding hydrogens is 380 g/mol. The van der Waals surface area contributed by atoms with Crippen molar-refractivity contribution in [2.24, 2.45) is 5.92 Å². The van der Waals surface area contributed by atoms with E-state index in [1.165, 1.54) is 0 Å². The maximum atomic E-state index is 11.8. The topological polar surface area (TPSA) is 79.2 Å². The molecule has 5 nitrogen and oxygen atoms in total. The molecule has 0 aromatic heterocycles. The molecule has 1 aliphatic rings. The van der Waals surface area contributed by atoms with Crippen molar-refractivity contribution < 1.29 is 14.3 Å². The molecule has 7 heteroatoms. The van der Waals surface area contributed by atoms with E-state index >= 15 is 0 Å². The zero-order valence-electron chi connectivity index (χ0n) is 12.3. The molecule has 0 unspecified atom stereocenters. The Balaban J connectivity index is 1.79. The summed E-state index contributed by atoms with van der Waals surface area (Å²) < 4.78 is 5.65. The summed E-state index contributed by atoms with van der Waals surface area (Å²) in [6, 6.07) is 5.15. The van der Waals surface area contributed by atoms with Gasteiger partial charge in [0.2, 0.25) is 0 Å². The number of rotatable bonds is 6. The number of thioether (sulfide) groups is 1. The van der Waals surface area contributed by atoms with Crippen molar-refractivity contribution in [3.63, 3.8) is 0 Å². The van der Waals surface area contributed by atoms with Crippen LogP contribution in [0, 0.1) is 16.6 Å². The van der Waals surface area contributed by atoms with E-state index < -0.39 is 5.91 Å². The van der Waals surface area contributed by atoms with E-state index in [9.17, 15) is 9.59 Å². The monoisotopic (exact) mass is 394 g/mol. The molecule has 1 N–H and O–H groups in total. The Bertz CT molecular complexity index is 670. The van der Waals surface area contributed by atoms with Crippen molar-refractivity contribution in [2.45, 2.75) is 24.2 Å². The minimum absolute atomic E-state index is 0.227. The summed E-state index contributed by atoms with van der Waals surface area (Å²) in [4.78, 5) is 24.3. The van der Waals surface area contributed by atoms with E-state index in [-0.39, 0.29) is 18.5 Å². The van der Waals surface area contributed by atoms with Crippen LogP contribution in [0.2, 0.25) is 0 Å². The molecule has 1 aromatic carbocycles. The van der Waals surface area contributed by atoms with Crippen LogP contribution in [0.3, 0.4) is 0 Å². The van der Waals surface area contributed by atoms with Gasteiger partial charge in [-0.2, -0.15) is 5.26 Å². The van der Waals surface area contributed by atoms with Gasteiger partial charge in [-0.15, -0.1) is 0 Å². The van der Waals surface area contributed by atoms with Crippen molar-refractivity contribution in [3.8, 4) is 5.40 Å². The van der Waals surface area contributed by atoms with Gasteiger partial charge in [0.25, 0.3) is 5.91 Å². The number of nitriles is 1. The molecule has 0 bridgehead atoms. The van der Waals surface area contributed by atoms with Crippen molar-refractivity contribution in [1.29, 1.82) is 5.26 Å². The molecular formula is C16H15BrN2O3S. The zero-order chi connectivity index (χ0) is 16.7. The molecule has 0 saturated heterocycles. The van der Waals surface area contributed by atoms with Gasteiger partial charge in [-0.1, -0.05) is 12.2 Å². The molecule has 2 rings (SSSR count). The minimum atomic E-state index is -0.401. The van der Waals surface area contributed by atoms with Gasteiger partial charge in [-0.05, 0) is 64.7 Å². The SMILES string of the molecule is N#CSc1ccc(NC(=O)COC(=O)C[C@@H]2C=CCC2)c(Br)c1. The summed E-state index contributed by atoms with van der Waals surface area (Å²) >= 11 is 4.37. The van der Waals surface area contributed by atoms with Crippen LogP contribution in [0.4, 0.5) is 5.69 Å². The molecule has 0 spiro atoms. The maximum Gasteiger partial charge on any atom is 0.306 e. The average Bonchev–Trinajstić information content (AvgIpc) is 3.01. The second-order valence-electron chi connectivity index (χ2n) is 5.01. The number of allylic oxidation sites excluding steroid dienone is 2. The third-order valence-electron chi connectivity index (χ3n) is 3.28. The summed E-state index contributed by atoms with van der Waals surface area (Å²) in [6.07, 6.45) is 6.33. The van der Waals surface area contributed by atoms with Crippen LogP contribution < -0.4 is 5.32 Å². The Kier molecular flexibility index (Phi) is 6.68. The summed E-state index contributed by atoms with van der Waals surface area (Å²) in [6.45, 7) is -0.309. The number of esters is 1. The van der Waals surface area contributed by atoms with Gasteiger partial charge in [-0.25, -0.2) is 0 Å². The van der Waals surface area contributed by atoms with E-state index in [0.717, 1.165) is 29.5 Å². The summed E-state index contributed by atoms with van der Waals surface area (Å²) in [5.41, 5.74) is 0.562. The number of thiocyanates is 1. The van der Waals surface area contributed by atoms with Crippen LogP contribution in [0.25, 0.3) is 0 Å². The average molecular weight is 395 g/mol. The number of halogens is 1. The Morgan fingerprint density at radius 1 is 1.48 bits per heavy atom. The van der Waals surface area contributed by atoms with E-state index in [1.54, 1.807) is 18.2 Å². The third kappa shape index (κ3) is 5.73. The fraction of sp³-hybridized carbons (Fsp3) is 0.312. The van der Waals surface area contributed by atoms with Gasteiger partial charge in [0.05, 0.1) is 12.1 Å². The van der Waals surface area contributed by atoms with Crippen molar-refractivity contribution in [2.75, 3.05) is 11.9 Å². The fourth-order valence-corrected chi connectivity index (χ4v) is 3.23. The Hall–Kier alpha value is -1.78. The number of hydrogen-bond acceptors (Lipinski definition) is 5. The van der Waals surface area contributed by atoms with Crippen LogP contribution in [0.15, 0.2) is 39.7 Å². The highest BCUT2D eigenvalue weighted by Crippen LogP contribution is 2.28. The predicted octanol–water partition coefficient (Wildman–Crippen LogP) is 3.86. The third-order valence-corrected chi connectivity index (χ3v) is 4.52. The first-order valence-corrected chi connectivity index (χ1v) is 8.67. The molecule has 1 aromatic rings. The maximum absolute atomic E-state index is 11.8. The van der Waals surface area contributed by atoms with Crippen LogP contribution >= 0.6 is 27.7 Å². The minimum Gasteiger partial charge on any atom is -0.456 e. The number of anilines is 1. The van der Waals surface area contributed by atoms with E-state index in [1.807, 2.05) is 11.5 Å². The van der Waals surface area contributed by atoms with Gasteiger partial charge < -0.3 is 10.1 Å². The predicted molar refractivity (Wildman–Crippen MR) is 91.7 cm³/mol. The molecule has 0 heterocycles. The standard InChI is InChI=1S/C16H15BrN2O3S/c17-13-8-12(23-10-18)5-6-14(13)19-15(20)9-22-16(21)7-11-3-1-2-4-11/h1,3,5-6,8,11H,2,4,7,9H2,(H,19,20)/t11-/m1/s1. The number of benzene rings is 1. The number of amides is 1. The number of nitrogens with zero attached hydrogens (tertiary/aromatic N) is 1. The first-order valence-electron chi connectivity index (χ1n) is 7.06. The van der Waals surface area contributed by atoms with Crippen molar-refractivity contribution >= 4 is 45.3 Å². The van der Waals surface area contributed by atoms with Gasteiger partial charge in [0.15, 0.2) is 6.61 Å². The number of hydrogen-bond donors (Lipinski definition) is 1. The second kappa shape index (κ2) is 8.75. The van der Waals surface area contributed by atoms with Crippen LogP contribution in [0.5, 0.6) is 0 Å². The molecule has 23 heavy (non-hydrogen) atoms. The molecule has 1 atom stereocenters. The number of carbonyl (C=O) groups excluding carboxylic acids is 2. The molecule has 1 amide bonds. The lowest BCUT2D eigenvalue weighted by molar-refractivity contribution is -0.147. The zero-order valence-corrected chi connectivity index (χ0v) is 14.7. The molecule has 0 aliphatic heterocycles. The summed E-state index contributed by atoms with van der Waals surface area (Å²) in [5, 5.41) is 13.3. The summed E-state index contributed by atoms with van der Waals surface area (Å²) in [5.74, 6) is -0.539. The van der Waals surface area contributed by atoms with Gasteiger partial charge in [-0.3, -0.25) is 9.59 Å². The Morgan fingerprint density at radius 3 is 2.96 bits per heavy atom.